The summed E-state index contributed by atoms with van der Waals surface area (Å²) in [6, 6.07) is 17.0. The molecule has 0 aliphatic heterocycles. The van der Waals surface area contributed by atoms with Crippen molar-refractivity contribution >= 4 is 15.8 Å². The largest absolute Gasteiger partial charge is 2.00 e. The molecule has 6 radical (unpaired) electrons. The van der Waals surface area contributed by atoms with Gasteiger partial charge in [0.15, 0.2) is 0 Å². The van der Waals surface area contributed by atoms with E-state index >= 15 is 0 Å². The van der Waals surface area contributed by atoms with E-state index in [1.165, 1.54) is 29.6 Å². The molecule has 0 heterocycles. The zero-order valence-electron chi connectivity index (χ0n) is 25.7. The van der Waals surface area contributed by atoms with E-state index in [1.807, 2.05) is 74.5 Å². The second kappa shape index (κ2) is 14.3. The van der Waals surface area contributed by atoms with Crippen LogP contribution >= 0.6 is 0 Å². The zero-order valence-corrected chi connectivity index (χ0v) is 28.9. The van der Waals surface area contributed by atoms with Gasteiger partial charge in [0, 0.05) is 17.9 Å². The minimum absolute atomic E-state index is 0. The van der Waals surface area contributed by atoms with Gasteiger partial charge in [-0.1, -0.05) is 121 Å². The third-order valence-electron chi connectivity index (χ3n) is 10.3. The number of benzene rings is 2. The number of carbonyl (C=O) groups excluding carboxylic acids is 1. The van der Waals surface area contributed by atoms with Gasteiger partial charge in [0.1, 0.15) is 5.78 Å². The van der Waals surface area contributed by atoms with Crippen LogP contribution in [0.3, 0.4) is 0 Å². The topological polar surface area (TPSA) is 87.0 Å². The quantitative estimate of drug-likeness (QED) is 0.422. The van der Waals surface area contributed by atoms with Gasteiger partial charge in [-0.25, -0.2) is 13.1 Å². The molecule has 0 spiro atoms. The van der Waals surface area contributed by atoms with E-state index < -0.39 is 27.5 Å². The van der Waals surface area contributed by atoms with Crippen molar-refractivity contribution in [3.05, 3.63) is 107 Å². The molecule has 0 amide bonds. The van der Waals surface area contributed by atoms with Crippen molar-refractivity contribution in [2.24, 2.45) is 16.7 Å². The normalized spacial score (nSPS) is 26.2. The summed E-state index contributed by atoms with van der Waals surface area (Å²) in [7, 11) is -3.80. The minimum Gasteiger partial charge on any atom is -1.00 e. The summed E-state index contributed by atoms with van der Waals surface area (Å²) in [5.41, 5.74) is 9.14. The molecule has 42 heavy (non-hydrogen) atoms. The van der Waals surface area contributed by atoms with E-state index in [0.717, 1.165) is 17.5 Å². The van der Waals surface area contributed by atoms with E-state index in [-0.39, 0.29) is 54.8 Å². The maximum atomic E-state index is 13.4. The van der Waals surface area contributed by atoms with Gasteiger partial charge < -0.3 is 18.1 Å². The molecule has 3 aliphatic carbocycles. The summed E-state index contributed by atoms with van der Waals surface area (Å²) < 4.78 is 29.6. The Morgan fingerprint density at radius 2 is 1.26 bits per heavy atom. The molecule has 2 bridgehead atoms. The maximum Gasteiger partial charge on any atom is 2.00 e. The van der Waals surface area contributed by atoms with Crippen LogP contribution in [0.2, 0.25) is 0 Å². The standard InChI is InChI=1S/C24H29N2O3S.C10H15.ClH.Rh/c1-23(2)19-13-14-24(23,20(27)15-19)16-30(28,29)26-22(18-11-7-4-8-12-18)21(25)17-9-5-3-6-10-17;1-6-7(2)9(4)10(5)8(6)3;;/h3-12,19,21-22,25-26H,13-16H2,1-2H3;1-5H3;1H;/q-1;;;+2/p-1/t19?,21-,22-,24-;;;/m0.../s1. The maximum absolute atomic E-state index is 13.4. The Bertz CT molecular complexity index is 1230. The molecule has 4 atom stereocenters. The van der Waals surface area contributed by atoms with Crippen LogP contribution in [0, 0.1) is 46.3 Å². The number of rotatable bonds is 7. The van der Waals surface area contributed by atoms with Gasteiger partial charge >= 0.3 is 19.5 Å². The first-order chi connectivity index (χ1) is 18.7. The van der Waals surface area contributed by atoms with Crippen molar-refractivity contribution in [2.45, 2.75) is 79.8 Å². The van der Waals surface area contributed by atoms with Gasteiger partial charge in [-0.05, 0) is 59.3 Å². The molecule has 0 aromatic heterocycles. The summed E-state index contributed by atoms with van der Waals surface area (Å²) >= 11 is 0. The Kier molecular flexibility index (Phi) is 12.7. The van der Waals surface area contributed by atoms with Gasteiger partial charge in [-0.3, -0.25) is 4.79 Å². The molecule has 2 aromatic rings. The van der Waals surface area contributed by atoms with Crippen molar-refractivity contribution in [3.63, 3.8) is 0 Å². The van der Waals surface area contributed by atoms with Crippen LogP contribution in [0.4, 0.5) is 0 Å². The van der Waals surface area contributed by atoms with Crippen molar-refractivity contribution in [1.82, 2.24) is 4.72 Å². The fourth-order valence-corrected chi connectivity index (χ4v) is 8.98. The molecule has 230 valence electrons. The van der Waals surface area contributed by atoms with Crippen LogP contribution in [0.25, 0.3) is 5.73 Å². The molecule has 2 aromatic carbocycles. The number of sulfonamides is 1. The van der Waals surface area contributed by atoms with Gasteiger partial charge in [0.2, 0.25) is 10.0 Å². The molecule has 1 unspecified atom stereocenters. The summed E-state index contributed by atoms with van der Waals surface area (Å²) in [6.45, 7) is 15.1. The Morgan fingerprint density at radius 1 is 0.833 bits per heavy atom. The predicted octanol–water partition coefficient (Wildman–Crippen LogP) is 4.81. The third-order valence-corrected chi connectivity index (χ3v) is 11.8. The smallest absolute Gasteiger partial charge is 1.00 e. The van der Waals surface area contributed by atoms with E-state index in [4.69, 9.17) is 5.73 Å². The average Bonchev–Trinajstić information content (AvgIpc) is 3.36. The molecular formula is C34H44ClN2O3RhS. The van der Waals surface area contributed by atoms with E-state index in [9.17, 15) is 13.2 Å². The Morgan fingerprint density at radius 3 is 1.64 bits per heavy atom. The average molecular weight is 699 g/mol. The van der Waals surface area contributed by atoms with Gasteiger partial charge in [-0.2, -0.15) is 0 Å². The number of carbonyl (C=O) groups is 1. The van der Waals surface area contributed by atoms with E-state index in [0.29, 0.717) is 12.8 Å². The second-order valence-electron chi connectivity index (χ2n) is 12.4. The summed E-state index contributed by atoms with van der Waals surface area (Å²) in [6.07, 6.45) is 2.01. The number of Topliss-reactive ketones (excluding diaryl/α,β-unsaturated/α-hetero) is 1. The first-order valence-corrected chi connectivity index (χ1v) is 15.9. The van der Waals surface area contributed by atoms with Gasteiger partial charge in [-0.15, -0.1) is 0 Å². The molecule has 3 aliphatic rings. The first kappa shape index (κ1) is 37.1. The summed E-state index contributed by atoms with van der Waals surface area (Å²) in [5, 5.41) is 0. The van der Waals surface area contributed by atoms with E-state index in [2.05, 4.69) is 39.3 Å². The predicted molar refractivity (Wildman–Crippen MR) is 163 cm³/mol. The molecule has 8 heteroatoms. The van der Waals surface area contributed by atoms with Crippen LogP contribution < -0.4 is 17.1 Å². The Labute approximate surface area is 273 Å². The van der Waals surface area contributed by atoms with Crippen LogP contribution in [0.5, 0.6) is 0 Å². The monoisotopic (exact) mass is 698 g/mol. The number of halogens is 1. The van der Waals surface area contributed by atoms with Crippen molar-refractivity contribution in [2.75, 3.05) is 5.75 Å². The number of nitrogens with one attached hydrogen (secondary N) is 2. The summed E-state index contributed by atoms with van der Waals surface area (Å²) in [5.74, 6) is 7.48. The molecule has 2 N–H and O–H groups in total. The van der Waals surface area contributed by atoms with Crippen LogP contribution in [-0.4, -0.2) is 20.0 Å². The molecule has 5 nitrogen and oxygen atoms in total. The van der Waals surface area contributed by atoms with E-state index in [1.54, 1.807) is 0 Å². The van der Waals surface area contributed by atoms with Crippen molar-refractivity contribution in [1.29, 1.82) is 0 Å². The third kappa shape index (κ3) is 7.07. The number of hydrogen-bond acceptors (Lipinski definition) is 3. The SMILES string of the molecule is CC1(C)C2CC[C@]1(CS(=O)(=O)N[C@@H](c1ccccc1)[C@@H]([NH-])c1ccccc1)C(=O)C2.C[C]1[C](C)[C](C)[C](C)[C]1C.[Cl-].[Rh+2]. The number of fused-ring (bicyclic) bond motifs is 2. The zero-order chi connectivity index (χ0) is 29.5. The fourth-order valence-electron chi connectivity index (χ4n) is 6.92. The van der Waals surface area contributed by atoms with Gasteiger partial charge in [0.25, 0.3) is 0 Å². The van der Waals surface area contributed by atoms with Gasteiger partial charge in [0.05, 0.1) is 5.75 Å². The van der Waals surface area contributed by atoms with Crippen LogP contribution in [0.1, 0.15) is 90.9 Å². The first-order valence-electron chi connectivity index (χ1n) is 14.3. The number of ketones is 1. The Hall–Kier alpha value is -1.11. The fraction of sp³-hybridized carbons (Fsp3) is 0.471. The van der Waals surface area contributed by atoms with Crippen LogP contribution in [-0.2, 0) is 34.3 Å². The summed E-state index contributed by atoms with van der Waals surface area (Å²) in [4.78, 5) is 12.8. The minimum atomic E-state index is -3.80. The van der Waals surface area contributed by atoms with Crippen molar-refractivity contribution in [3.8, 4) is 0 Å². The second-order valence-corrected chi connectivity index (χ2v) is 14.2. The molecule has 3 saturated carbocycles. The molecule has 5 rings (SSSR count). The van der Waals surface area contributed by atoms with Crippen LogP contribution in [0.15, 0.2) is 60.7 Å². The molecule has 3 fully saturated rings. The molecular weight excluding hydrogens is 655 g/mol. The van der Waals surface area contributed by atoms with Crippen molar-refractivity contribution < 1.29 is 45.1 Å². The number of hydrogen-bond donors (Lipinski definition) is 1. The molecule has 0 saturated heterocycles. The Balaban J connectivity index is 0.000000439.